The molecule has 0 heterocycles. The molecule has 0 saturated heterocycles. The molecule has 0 aromatic heterocycles. The summed E-state index contributed by atoms with van der Waals surface area (Å²) in [4.78, 5) is 11.7. The van der Waals surface area contributed by atoms with E-state index in [4.69, 9.17) is 0 Å². The highest BCUT2D eigenvalue weighted by atomic mass is 16.2. The second kappa shape index (κ2) is 5.91. The zero-order valence-electron chi connectivity index (χ0n) is 11.0. The van der Waals surface area contributed by atoms with Gasteiger partial charge in [0.2, 0.25) is 0 Å². The third kappa shape index (κ3) is 3.48. The lowest BCUT2D eigenvalue weighted by Crippen LogP contribution is -2.34. The van der Waals surface area contributed by atoms with E-state index in [1.807, 2.05) is 62.4 Å². The molecular weight excluding hydrogens is 238 g/mol. The Morgan fingerprint density at radius 1 is 0.895 bits per heavy atom. The number of anilines is 2. The fourth-order valence-corrected chi connectivity index (χ4v) is 1.81. The smallest absolute Gasteiger partial charge is 0.307 e. The first kappa shape index (κ1) is 13.0. The Hall–Kier alpha value is -2.49. The van der Waals surface area contributed by atoms with Crippen LogP contribution >= 0.6 is 0 Å². The van der Waals surface area contributed by atoms with Gasteiger partial charge in [0.25, 0.3) is 0 Å². The maximum Gasteiger partial charge on any atom is 0.337 e. The normalized spacial score (nSPS) is 9.79. The van der Waals surface area contributed by atoms with E-state index in [1.165, 1.54) is 0 Å². The molecule has 0 unspecified atom stereocenters. The molecular formula is C15H17N3O. The Balaban J connectivity index is 1.94. The van der Waals surface area contributed by atoms with Crippen LogP contribution in [0.1, 0.15) is 11.1 Å². The zero-order chi connectivity index (χ0) is 13.7. The third-order valence-electron chi connectivity index (χ3n) is 2.81. The van der Waals surface area contributed by atoms with E-state index < -0.39 is 0 Å². The van der Waals surface area contributed by atoms with Gasteiger partial charge in [0.1, 0.15) is 0 Å². The average molecular weight is 255 g/mol. The molecule has 0 aliphatic rings. The molecule has 2 amide bonds. The summed E-state index contributed by atoms with van der Waals surface area (Å²) in [6, 6.07) is 15.0. The molecule has 2 aromatic rings. The molecule has 4 heteroatoms. The number of amides is 2. The molecule has 0 radical (unpaired) electrons. The van der Waals surface area contributed by atoms with Crippen LogP contribution in [0.3, 0.4) is 0 Å². The van der Waals surface area contributed by atoms with Crippen LogP contribution < -0.4 is 16.2 Å². The van der Waals surface area contributed by atoms with Gasteiger partial charge in [-0.3, -0.25) is 10.9 Å². The molecule has 98 valence electrons. The highest BCUT2D eigenvalue weighted by molar-refractivity contribution is 5.90. The summed E-state index contributed by atoms with van der Waals surface area (Å²) in [5.41, 5.74) is 9.41. The van der Waals surface area contributed by atoms with E-state index in [0.29, 0.717) is 0 Å². The molecule has 0 aliphatic heterocycles. The average Bonchev–Trinajstić information content (AvgIpc) is 2.39. The van der Waals surface area contributed by atoms with Gasteiger partial charge < -0.3 is 5.32 Å². The molecule has 2 aromatic carbocycles. The van der Waals surface area contributed by atoms with Crippen molar-refractivity contribution in [1.82, 2.24) is 5.43 Å². The van der Waals surface area contributed by atoms with E-state index in [-0.39, 0.29) is 6.03 Å². The van der Waals surface area contributed by atoms with Crippen molar-refractivity contribution >= 4 is 17.4 Å². The van der Waals surface area contributed by atoms with Crippen LogP contribution in [0.15, 0.2) is 48.5 Å². The highest BCUT2D eigenvalue weighted by Gasteiger charge is 2.04. The van der Waals surface area contributed by atoms with Crippen LogP contribution in [-0.2, 0) is 0 Å². The molecule has 0 saturated carbocycles. The summed E-state index contributed by atoms with van der Waals surface area (Å²) < 4.78 is 0. The first-order valence-electron chi connectivity index (χ1n) is 6.11. The number of hydrogen-bond acceptors (Lipinski definition) is 2. The zero-order valence-corrected chi connectivity index (χ0v) is 11.0. The Labute approximate surface area is 112 Å². The van der Waals surface area contributed by atoms with Crippen LogP contribution in [0.5, 0.6) is 0 Å². The number of hydrogen-bond donors (Lipinski definition) is 3. The first-order valence-corrected chi connectivity index (χ1v) is 6.11. The van der Waals surface area contributed by atoms with Crippen LogP contribution in [-0.4, -0.2) is 6.03 Å². The topological polar surface area (TPSA) is 53.2 Å². The fourth-order valence-electron chi connectivity index (χ4n) is 1.81. The second-order valence-corrected chi connectivity index (χ2v) is 4.34. The van der Waals surface area contributed by atoms with Gasteiger partial charge in [0.05, 0.1) is 5.69 Å². The molecule has 0 bridgehead atoms. The third-order valence-corrected chi connectivity index (χ3v) is 2.81. The number of carbonyl (C=O) groups is 1. The monoisotopic (exact) mass is 255 g/mol. The standard InChI is InChI=1S/C15H17N3O/c1-11-7-6-8-12(2)14(11)17-18-15(19)16-13-9-4-3-5-10-13/h3-10,17H,1-2H3,(H2,16,18,19). The van der Waals surface area contributed by atoms with Gasteiger partial charge in [0, 0.05) is 5.69 Å². The van der Waals surface area contributed by atoms with Gasteiger partial charge >= 0.3 is 6.03 Å². The Bertz CT molecular complexity index is 547. The number of benzene rings is 2. The Morgan fingerprint density at radius 3 is 2.16 bits per heavy atom. The molecule has 0 fully saturated rings. The van der Waals surface area contributed by atoms with Crippen molar-refractivity contribution in [1.29, 1.82) is 0 Å². The van der Waals surface area contributed by atoms with E-state index >= 15 is 0 Å². The second-order valence-electron chi connectivity index (χ2n) is 4.34. The molecule has 0 aliphatic carbocycles. The lowest BCUT2D eigenvalue weighted by Gasteiger charge is -2.14. The van der Waals surface area contributed by atoms with Crippen molar-refractivity contribution in [3.05, 3.63) is 59.7 Å². The maximum absolute atomic E-state index is 11.7. The van der Waals surface area contributed by atoms with Crippen LogP contribution in [0.2, 0.25) is 0 Å². The first-order chi connectivity index (χ1) is 9.16. The summed E-state index contributed by atoms with van der Waals surface area (Å²) in [5, 5.41) is 2.74. The van der Waals surface area contributed by atoms with Crippen molar-refractivity contribution in [3.8, 4) is 0 Å². The molecule has 3 N–H and O–H groups in total. The minimum Gasteiger partial charge on any atom is -0.307 e. The SMILES string of the molecule is Cc1cccc(C)c1NNC(=O)Nc1ccccc1. The molecule has 2 rings (SSSR count). The summed E-state index contributed by atoms with van der Waals surface area (Å²) in [7, 11) is 0. The maximum atomic E-state index is 11.7. The number of nitrogens with one attached hydrogen (secondary N) is 3. The minimum atomic E-state index is -0.297. The van der Waals surface area contributed by atoms with Crippen molar-refractivity contribution in [2.24, 2.45) is 0 Å². The van der Waals surface area contributed by atoms with Gasteiger partial charge in [0.15, 0.2) is 0 Å². The Morgan fingerprint density at radius 2 is 1.53 bits per heavy atom. The van der Waals surface area contributed by atoms with Gasteiger partial charge in [-0.05, 0) is 37.1 Å². The van der Waals surface area contributed by atoms with Crippen LogP contribution in [0.4, 0.5) is 16.2 Å². The van der Waals surface area contributed by atoms with Gasteiger partial charge in [-0.15, -0.1) is 0 Å². The van der Waals surface area contributed by atoms with Crippen LogP contribution in [0, 0.1) is 13.8 Å². The van der Waals surface area contributed by atoms with E-state index in [9.17, 15) is 4.79 Å². The van der Waals surface area contributed by atoms with Gasteiger partial charge in [-0.2, -0.15) is 0 Å². The molecule has 4 nitrogen and oxygen atoms in total. The number of para-hydroxylation sites is 2. The Kier molecular flexibility index (Phi) is 4.03. The molecule has 0 spiro atoms. The van der Waals surface area contributed by atoms with Crippen molar-refractivity contribution in [2.75, 3.05) is 10.7 Å². The number of hydrazine groups is 1. The van der Waals surface area contributed by atoms with Crippen molar-refractivity contribution < 1.29 is 4.79 Å². The summed E-state index contributed by atoms with van der Waals surface area (Å²) in [6.07, 6.45) is 0. The van der Waals surface area contributed by atoms with E-state index in [0.717, 1.165) is 22.5 Å². The quantitative estimate of drug-likeness (QED) is 0.736. The number of aryl methyl sites for hydroxylation is 2. The van der Waals surface area contributed by atoms with E-state index in [1.54, 1.807) is 0 Å². The van der Waals surface area contributed by atoms with Crippen LogP contribution in [0.25, 0.3) is 0 Å². The summed E-state index contributed by atoms with van der Waals surface area (Å²) >= 11 is 0. The fraction of sp³-hybridized carbons (Fsp3) is 0.133. The van der Waals surface area contributed by atoms with Crippen molar-refractivity contribution in [2.45, 2.75) is 13.8 Å². The lowest BCUT2D eigenvalue weighted by atomic mass is 10.1. The summed E-state index contributed by atoms with van der Waals surface area (Å²) in [5.74, 6) is 0. The van der Waals surface area contributed by atoms with E-state index in [2.05, 4.69) is 16.2 Å². The predicted octanol–water partition coefficient (Wildman–Crippen LogP) is 3.45. The van der Waals surface area contributed by atoms with Crippen molar-refractivity contribution in [3.63, 3.8) is 0 Å². The highest BCUT2D eigenvalue weighted by Crippen LogP contribution is 2.18. The number of carbonyl (C=O) groups excluding carboxylic acids is 1. The lowest BCUT2D eigenvalue weighted by molar-refractivity contribution is 0.254. The number of urea groups is 1. The summed E-state index contributed by atoms with van der Waals surface area (Å²) in [6.45, 7) is 3.98. The molecule has 0 atom stereocenters. The largest absolute Gasteiger partial charge is 0.337 e. The van der Waals surface area contributed by atoms with Gasteiger partial charge in [-0.25, -0.2) is 4.79 Å². The number of rotatable bonds is 3. The predicted molar refractivity (Wildman–Crippen MR) is 78.1 cm³/mol. The van der Waals surface area contributed by atoms with Gasteiger partial charge in [-0.1, -0.05) is 36.4 Å². The minimum absolute atomic E-state index is 0.297. The molecule has 19 heavy (non-hydrogen) atoms.